The summed E-state index contributed by atoms with van der Waals surface area (Å²) in [5, 5.41) is 6.87. The molecule has 0 saturated heterocycles. The minimum atomic E-state index is 0.317. The highest BCUT2D eigenvalue weighted by Crippen LogP contribution is 2.28. The number of pyridine rings is 1. The molecule has 0 bridgehead atoms. The van der Waals surface area contributed by atoms with Gasteiger partial charge >= 0.3 is 0 Å². The Morgan fingerprint density at radius 2 is 1.87 bits per heavy atom. The van der Waals surface area contributed by atoms with Crippen molar-refractivity contribution in [2.75, 3.05) is 20.6 Å². The van der Waals surface area contributed by atoms with Crippen LogP contribution in [0.4, 0.5) is 0 Å². The molecule has 0 fully saturated rings. The van der Waals surface area contributed by atoms with E-state index in [1.807, 2.05) is 24.7 Å². The molecule has 1 atom stereocenters. The lowest BCUT2D eigenvalue weighted by Crippen LogP contribution is -2.17. The Kier molecular flexibility index (Phi) is 4.83. The molecular formula is C19H22N4. The fraction of sp³-hybridized carbons (Fsp3) is 0.263. The zero-order valence-corrected chi connectivity index (χ0v) is 13.6. The van der Waals surface area contributed by atoms with Crippen LogP contribution in [-0.2, 0) is 0 Å². The van der Waals surface area contributed by atoms with Crippen molar-refractivity contribution in [3.63, 3.8) is 0 Å². The van der Waals surface area contributed by atoms with E-state index in [2.05, 4.69) is 70.6 Å². The Morgan fingerprint density at radius 3 is 2.48 bits per heavy atom. The predicted octanol–water partition coefficient (Wildman–Crippen LogP) is 3.56. The lowest BCUT2D eigenvalue weighted by molar-refractivity contribution is 0.389. The summed E-state index contributed by atoms with van der Waals surface area (Å²) in [5.74, 6) is 0.317. The van der Waals surface area contributed by atoms with Gasteiger partial charge in [0.1, 0.15) is 0 Å². The third kappa shape index (κ3) is 3.85. The number of hydrogen-bond donors (Lipinski definition) is 1. The highest BCUT2D eigenvalue weighted by molar-refractivity contribution is 5.62. The number of hydrogen-bond acceptors (Lipinski definition) is 3. The third-order valence-corrected chi connectivity index (χ3v) is 4.05. The van der Waals surface area contributed by atoms with Gasteiger partial charge in [-0.2, -0.15) is 5.10 Å². The molecule has 3 aromatic rings. The maximum Gasteiger partial charge on any atom is 0.0565 e. The maximum absolute atomic E-state index is 4.57. The van der Waals surface area contributed by atoms with Crippen LogP contribution >= 0.6 is 0 Å². The minimum absolute atomic E-state index is 0.317. The predicted molar refractivity (Wildman–Crippen MR) is 93.3 cm³/mol. The van der Waals surface area contributed by atoms with Crippen LogP contribution in [0.2, 0.25) is 0 Å². The highest BCUT2D eigenvalue weighted by atomic mass is 15.1. The first kappa shape index (κ1) is 15.4. The topological polar surface area (TPSA) is 44.8 Å². The average molecular weight is 306 g/mol. The molecule has 0 aliphatic heterocycles. The van der Waals surface area contributed by atoms with Crippen LogP contribution in [0, 0.1) is 0 Å². The van der Waals surface area contributed by atoms with Gasteiger partial charge in [-0.05, 0) is 50.3 Å². The largest absolute Gasteiger partial charge is 0.309 e. The molecule has 0 aliphatic carbocycles. The van der Waals surface area contributed by atoms with Crippen LogP contribution in [0.3, 0.4) is 0 Å². The summed E-state index contributed by atoms with van der Waals surface area (Å²) in [6, 6.07) is 14.9. The van der Waals surface area contributed by atoms with Crippen molar-refractivity contribution >= 4 is 0 Å². The van der Waals surface area contributed by atoms with Crippen molar-refractivity contribution in [2.24, 2.45) is 0 Å². The van der Waals surface area contributed by atoms with Crippen molar-refractivity contribution in [3.05, 3.63) is 72.3 Å². The quantitative estimate of drug-likeness (QED) is 0.757. The standard InChI is InChI=1S/C19H22N4/c1-23(2)12-10-18(19-5-3-4-11-20-19)16-8-6-15(7-9-16)17-13-21-22-14-17/h3-9,11,13-14,18H,10,12H2,1-2H3,(H,21,22). The first-order valence-electron chi connectivity index (χ1n) is 7.89. The van der Waals surface area contributed by atoms with Gasteiger partial charge in [-0.25, -0.2) is 0 Å². The first-order chi connectivity index (χ1) is 11.2. The summed E-state index contributed by atoms with van der Waals surface area (Å²) < 4.78 is 0. The molecule has 23 heavy (non-hydrogen) atoms. The lowest BCUT2D eigenvalue weighted by Gasteiger charge is -2.19. The highest BCUT2D eigenvalue weighted by Gasteiger charge is 2.15. The fourth-order valence-corrected chi connectivity index (χ4v) is 2.77. The lowest BCUT2D eigenvalue weighted by atomic mass is 9.90. The molecule has 1 N–H and O–H groups in total. The average Bonchev–Trinajstić information content (AvgIpc) is 3.11. The molecule has 0 radical (unpaired) electrons. The second-order valence-corrected chi connectivity index (χ2v) is 6.01. The monoisotopic (exact) mass is 306 g/mol. The summed E-state index contributed by atoms with van der Waals surface area (Å²) >= 11 is 0. The fourth-order valence-electron chi connectivity index (χ4n) is 2.77. The van der Waals surface area contributed by atoms with E-state index >= 15 is 0 Å². The van der Waals surface area contributed by atoms with Gasteiger partial charge in [-0.3, -0.25) is 10.1 Å². The summed E-state index contributed by atoms with van der Waals surface area (Å²) in [6.45, 7) is 1.03. The first-order valence-corrected chi connectivity index (χ1v) is 7.89. The third-order valence-electron chi connectivity index (χ3n) is 4.05. The van der Waals surface area contributed by atoms with E-state index in [0.29, 0.717) is 5.92 Å². The summed E-state index contributed by atoms with van der Waals surface area (Å²) in [5.41, 5.74) is 4.72. The Hall–Kier alpha value is -2.46. The van der Waals surface area contributed by atoms with Gasteiger partial charge in [0.2, 0.25) is 0 Å². The van der Waals surface area contributed by atoms with Gasteiger partial charge < -0.3 is 4.90 Å². The van der Waals surface area contributed by atoms with E-state index in [-0.39, 0.29) is 0 Å². The van der Waals surface area contributed by atoms with E-state index in [0.717, 1.165) is 24.2 Å². The van der Waals surface area contributed by atoms with Crippen LogP contribution in [0.15, 0.2) is 61.1 Å². The molecule has 1 aromatic carbocycles. The van der Waals surface area contributed by atoms with Gasteiger partial charge in [0, 0.05) is 29.6 Å². The van der Waals surface area contributed by atoms with Crippen LogP contribution in [0.1, 0.15) is 23.6 Å². The van der Waals surface area contributed by atoms with E-state index in [1.165, 1.54) is 11.1 Å². The van der Waals surface area contributed by atoms with Gasteiger partial charge in [0.25, 0.3) is 0 Å². The molecule has 0 aliphatic rings. The van der Waals surface area contributed by atoms with Crippen LogP contribution in [0.5, 0.6) is 0 Å². The van der Waals surface area contributed by atoms with Crippen molar-refractivity contribution in [2.45, 2.75) is 12.3 Å². The van der Waals surface area contributed by atoms with Crippen molar-refractivity contribution < 1.29 is 0 Å². The number of nitrogens with zero attached hydrogens (tertiary/aromatic N) is 3. The molecule has 0 amide bonds. The minimum Gasteiger partial charge on any atom is -0.309 e. The molecule has 0 saturated carbocycles. The molecule has 4 heteroatoms. The number of benzene rings is 1. The van der Waals surface area contributed by atoms with Crippen molar-refractivity contribution in [1.82, 2.24) is 20.1 Å². The van der Waals surface area contributed by atoms with E-state index in [9.17, 15) is 0 Å². The zero-order valence-electron chi connectivity index (χ0n) is 13.6. The van der Waals surface area contributed by atoms with E-state index in [1.54, 1.807) is 0 Å². The summed E-state index contributed by atoms with van der Waals surface area (Å²) in [6.07, 6.45) is 6.68. The van der Waals surface area contributed by atoms with Gasteiger partial charge in [-0.1, -0.05) is 30.3 Å². The Labute approximate surface area is 137 Å². The van der Waals surface area contributed by atoms with Crippen molar-refractivity contribution in [1.29, 1.82) is 0 Å². The number of aromatic nitrogens is 3. The van der Waals surface area contributed by atoms with Crippen LogP contribution in [-0.4, -0.2) is 40.7 Å². The van der Waals surface area contributed by atoms with Crippen molar-refractivity contribution in [3.8, 4) is 11.1 Å². The number of H-pyrrole nitrogens is 1. The number of aromatic amines is 1. The van der Waals surface area contributed by atoms with Gasteiger partial charge in [-0.15, -0.1) is 0 Å². The van der Waals surface area contributed by atoms with E-state index < -0.39 is 0 Å². The van der Waals surface area contributed by atoms with Crippen LogP contribution < -0.4 is 0 Å². The number of rotatable bonds is 6. The molecule has 1 unspecified atom stereocenters. The summed E-state index contributed by atoms with van der Waals surface area (Å²) in [7, 11) is 4.22. The second kappa shape index (κ2) is 7.20. The summed E-state index contributed by atoms with van der Waals surface area (Å²) in [4.78, 5) is 6.79. The molecule has 3 rings (SSSR count). The van der Waals surface area contributed by atoms with Gasteiger partial charge in [0.15, 0.2) is 0 Å². The van der Waals surface area contributed by atoms with E-state index in [4.69, 9.17) is 0 Å². The normalized spacial score (nSPS) is 12.5. The Morgan fingerprint density at radius 1 is 1.04 bits per heavy atom. The maximum atomic E-state index is 4.57. The Balaban J connectivity index is 1.87. The second-order valence-electron chi connectivity index (χ2n) is 6.01. The van der Waals surface area contributed by atoms with Gasteiger partial charge in [0.05, 0.1) is 6.20 Å². The molecule has 2 aromatic heterocycles. The molecular weight excluding hydrogens is 284 g/mol. The Bertz CT molecular complexity index is 703. The molecule has 118 valence electrons. The zero-order chi connectivity index (χ0) is 16.1. The number of nitrogens with one attached hydrogen (secondary N) is 1. The molecule has 2 heterocycles. The molecule has 0 spiro atoms. The smallest absolute Gasteiger partial charge is 0.0565 e. The van der Waals surface area contributed by atoms with Crippen LogP contribution in [0.25, 0.3) is 11.1 Å². The molecule has 4 nitrogen and oxygen atoms in total. The SMILES string of the molecule is CN(C)CCC(c1ccc(-c2cn[nH]c2)cc1)c1ccccn1.